The van der Waals surface area contributed by atoms with Gasteiger partial charge in [-0.2, -0.15) is 5.26 Å². The second-order valence-electron chi connectivity index (χ2n) is 5.00. The molecule has 1 aromatic carbocycles. The molecule has 2 heterocycles. The van der Waals surface area contributed by atoms with Crippen LogP contribution < -0.4 is 5.32 Å². The van der Waals surface area contributed by atoms with Crippen LogP contribution in [0.15, 0.2) is 30.5 Å². The Balaban J connectivity index is 1.98. The van der Waals surface area contributed by atoms with Gasteiger partial charge in [0.25, 0.3) is 0 Å². The second-order valence-corrected chi connectivity index (χ2v) is 6.71. The number of halogens is 1. The van der Waals surface area contributed by atoms with Crippen molar-refractivity contribution in [3.63, 3.8) is 0 Å². The number of hydrogen-bond acceptors (Lipinski definition) is 5. The normalized spacial score (nSPS) is 12.1. The number of nitrogens with one attached hydrogen (secondary N) is 1. The fourth-order valence-corrected chi connectivity index (χ4v) is 3.17. The Morgan fingerprint density at radius 1 is 1.36 bits per heavy atom. The van der Waals surface area contributed by atoms with Crippen LogP contribution in [0.25, 0.3) is 10.9 Å². The van der Waals surface area contributed by atoms with Gasteiger partial charge >= 0.3 is 0 Å². The summed E-state index contributed by atoms with van der Waals surface area (Å²) < 4.78 is 0. The maximum atomic E-state index is 9.35. The molecule has 0 saturated heterocycles. The topological polar surface area (TPSA) is 61.6 Å². The highest BCUT2D eigenvalue weighted by molar-refractivity contribution is 7.11. The molecule has 0 amide bonds. The molecule has 6 heteroatoms. The summed E-state index contributed by atoms with van der Waals surface area (Å²) in [6.45, 7) is 4.05. The van der Waals surface area contributed by atoms with Gasteiger partial charge in [0.2, 0.25) is 0 Å². The zero-order valence-corrected chi connectivity index (χ0v) is 13.7. The van der Waals surface area contributed by atoms with E-state index in [1.165, 1.54) is 4.88 Å². The molecule has 1 N–H and O–H groups in total. The summed E-state index contributed by atoms with van der Waals surface area (Å²) in [5, 5.41) is 15.0. The van der Waals surface area contributed by atoms with Crippen LogP contribution in [0.4, 0.5) is 5.82 Å². The Labute approximate surface area is 137 Å². The highest BCUT2D eigenvalue weighted by atomic mass is 35.5. The van der Waals surface area contributed by atoms with Crippen molar-refractivity contribution in [1.82, 2.24) is 9.97 Å². The predicted octanol–water partition coefficient (Wildman–Crippen LogP) is 4.70. The van der Waals surface area contributed by atoms with Crippen LogP contribution in [-0.2, 0) is 0 Å². The van der Waals surface area contributed by atoms with E-state index in [-0.39, 0.29) is 6.04 Å². The lowest BCUT2D eigenvalue weighted by atomic mass is 10.1. The first-order valence-corrected chi connectivity index (χ1v) is 7.95. The molecule has 22 heavy (non-hydrogen) atoms. The zero-order chi connectivity index (χ0) is 15.7. The van der Waals surface area contributed by atoms with Crippen molar-refractivity contribution < 1.29 is 0 Å². The van der Waals surface area contributed by atoms with Crippen LogP contribution in [-0.4, -0.2) is 9.97 Å². The minimum atomic E-state index is 0.0301. The van der Waals surface area contributed by atoms with Gasteiger partial charge in [0, 0.05) is 21.5 Å². The molecular weight excluding hydrogens is 316 g/mol. The van der Waals surface area contributed by atoms with E-state index in [2.05, 4.69) is 21.4 Å². The van der Waals surface area contributed by atoms with Crippen molar-refractivity contribution in [2.24, 2.45) is 0 Å². The third-order valence-electron chi connectivity index (χ3n) is 3.27. The van der Waals surface area contributed by atoms with Crippen LogP contribution in [0.2, 0.25) is 5.02 Å². The monoisotopic (exact) mass is 328 g/mol. The number of rotatable bonds is 3. The van der Waals surface area contributed by atoms with E-state index in [0.29, 0.717) is 16.4 Å². The molecule has 0 radical (unpaired) electrons. The molecule has 0 spiro atoms. The first-order chi connectivity index (χ1) is 10.6. The molecule has 110 valence electrons. The van der Waals surface area contributed by atoms with Gasteiger partial charge in [-0.3, -0.25) is 0 Å². The van der Waals surface area contributed by atoms with Gasteiger partial charge in [-0.25, -0.2) is 9.97 Å². The van der Waals surface area contributed by atoms with Crippen LogP contribution in [0.5, 0.6) is 0 Å². The predicted molar refractivity (Wildman–Crippen MR) is 90.4 cm³/mol. The molecule has 3 rings (SSSR count). The van der Waals surface area contributed by atoms with Gasteiger partial charge in [-0.15, -0.1) is 11.3 Å². The highest BCUT2D eigenvalue weighted by Gasteiger charge is 2.12. The lowest BCUT2D eigenvalue weighted by Gasteiger charge is -2.13. The zero-order valence-electron chi connectivity index (χ0n) is 12.1. The van der Waals surface area contributed by atoms with Crippen molar-refractivity contribution in [3.8, 4) is 6.07 Å². The van der Waals surface area contributed by atoms with Gasteiger partial charge in [0.15, 0.2) is 0 Å². The molecule has 3 aromatic rings. The van der Waals surface area contributed by atoms with Crippen LogP contribution in [0, 0.1) is 18.3 Å². The number of nitriles is 1. The molecule has 4 nitrogen and oxygen atoms in total. The molecule has 0 saturated carbocycles. The standard InChI is InChI=1S/C16H13ClN4S/c1-9-8-19-16(22-9)10(2)20-15-5-11(7-18)13-6-12(17)3-4-14(13)21-15/h3-6,8,10H,1-2H3,(H,20,21). The van der Waals surface area contributed by atoms with E-state index in [9.17, 15) is 5.26 Å². The maximum absolute atomic E-state index is 9.35. The smallest absolute Gasteiger partial charge is 0.128 e. The van der Waals surface area contributed by atoms with Crippen molar-refractivity contribution in [3.05, 3.63) is 50.9 Å². The summed E-state index contributed by atoms with van der Waals surface area (Å²) in [5.41, 5.74) is 1.30. The number of aromatic nitrogens is 2. The van der Waals surface area contributed by atoms with E-state index in [1.54, 1.807) is 29.5 Å². The highest BCUT2D eigenvalue weighted by Crippen LogP contribution is 2.27. The Hall–Kier alpha value is -2.16. The Morgan fingerprint density at radius 2 is 2.18 bits per heavy atom. The summed E-state index contributed by atoms with van der Waals surface area (Å²) in [6.07, 6.45) is 1.86. The van der Waals surface area contributed by atoms with Gasteiger partial charge in [-0.05, 0) is 38.1 Å². The summed E-state index contributed by atoms with van der Waals surface area (Å²) in [5.74, 6) is 0.659. The number of thiazole rings is 1. The molecule has 0 bridgehead atoms. The van der Waals surface area contributed by atoms with Crippen LogP contribution in [0.3, 0.4) is 0 Å². The third kappa shape index (κ3) is 2.89. The number of fused-ring (bicyclic) bond motifs is 1. The average Bonchev–Trinajstić information content (AvgIpc) is 2.93. The number of anilines is 1. The number of aryl methyl sites for hydroxylation is 1. The Bertz CT molecular complexity index is 881. The molecule has 1 unspecified atom stereocenters. The molecule has 0 aliphatic heterocycles. The fourth-order valence-electron chi connectivity index (χ4n) is 2.22. The van der Waals surface area contributed by atoms with Gasteiger partial charge in [-0.1, -0.05) is 11.6 Å². The molecule has 0 aliphatic rings. The van der Waals surface area contributed by atoms with Gasteiger partial charge < -0.3 is 5.32 Å². The Kier molecular flexibility index (Phi) is 3.97. The number of pyridine rings is 1. The van der Waals surface area contributed by atoms with E-state index < -0.39 is 0 Å². The van der Waals surface area contributed by atoms with E-state index >= 15 is 0 Å². The van der Waals surface area contributed by atoms with Crippen LogP contribution >= 0.6 is 22.9 Å². The minimum absolute atomic E-state index is 0.0301. The van der Waals surface area contributed by atoms with Crippen molar-refractivity contribution >= 4 is 39.7 Å². The van der Waals surface area contributed by atoms with Crippen molar-refractivity contribution in [2.75, 3.05) is 5.32 Å². The second kappa shape index (κ2) is 5.91. The van der Waals surface area contributed by atoms with E-state index in [0.717, 1.165) is 15.9 Å². The van der Waals surface area contributed by atoms with Crippen LogP contribution in [0.1, 0.15) is 28.4 Å². The first-order valence-electron chi connectivity index (χ1n) is 6.76. The third-order valence-corrected chi connectivity index (χ3v) is 4.60. The first kappa shape index (κ1) is 14.8. The van der Waals surface area contributed by atoms with E-state index in [1.807, 2.05) is 26.1 Å². The summed E-state index contributed by atoms with van der Waals surface area (Å²) >= 11 is 7.64. The molecular formula is C16H13ClN4S. The fraction of sp³-hybridized carbons (Fsp3) is 0.188. The van der Waals surface area contributed by atoms with Gasteiger partial charge in [0.05, 0.1) is 23.2 Å². The van der Waals surface area contributed by atoms with Gasteiger partial charge in [0.1, 0.15) is 10.8 Å². The number of benzene rings is 1. The molecule has 2 aromatic heterocycles. The molecule has 0 aliphatic carbocycles. The lowest BCUT2D eigenvalue weighted by molar-refractivity contribution is 0.862. The summed E-state index contributed by atoms with van der Waals surface area (Å²) in [7, 11) is 0. The van der Waals surface area contributed by atoms with Crippen molar-refractivity contribution in [1.29, 1.82) is 5.26 Å². The molecule has 1 atom stereocenters. The average molecular weight is 329 g/mol. The largest absolute Gasteiger partial charge is 0.361 e. The number of hydrogen-bond donors (Lipinski definition) is 1. The minimum Gasteiger partial charge on any atom is -0.361 e. The van der Waals surface area contributed by atoms with Crippen molar-refractivity contribution in [2.45, 2.75) is 19.9 Å². The summed E-state index contributed by atoms with van der Waals surface area (Å²) in [4.78, 5) is 10.1. The molecule has 0 fully saturated rings. The maximum Gasteiger partial charge on any atom is 0.128 e. The lowest BCUT2D eigenvalue weighted by Crippen LogP contribution is -2.08. The van der Waals surface area contributed by atoms with E-state index in [4.69, 9.17) is 11.6 Å². The Morgan fingerprint density at radius 3 is 2.86 bits per heavy atom. The summed E-state index contributed by atoms with van der Waals surface area (Å²) in [6, 6.07) is 9.34. The SMILES string of the molecule is Cc1cnc(C(C)Nc2cc(C#N)c3cc(Cl)ccc3n2)s1. The number of nitrogens with zero attached hydrogens (tertiary/aromatic N) is 3. The quantitative estimate of drug-likeness (QED) is 0.757.